The Morgan fingerprint density at radius 1 is 1.33 bits per heavy atom. The number of allylic oxidation sites excluding steroid dienone is 1. The summed E-state index contributed by atoms with van der Waals surface area (Å²) in [5, 5.41) is 7.67. The van der Waals surface area contributed by atoms with Crippen LogP contribution in [0.25, 0.3) is 11.0 Å². The van der Waals surface area contributed by atoms with Gasteiger partial charge in [0.15, 0.2) is 5.52 Å². The molecule has 24 heavy (non-hydrogen) atoms. The largest absolute Gasteiger partial charge is 0.349 e. The summed E-state index contributed by atoms with van der Waals surface area (Å²) in [5.41, 5.74) is 2.88. The number of benzene rings is 1. The van der Waals surface area contributed by atoms with E-state index in [9.17, 15) is 4.79 Å². The van der Waals surface area contributed by atoms with Gasteiger partial charge in [-0.1, -0.05) is 36.4 Å². The van der Waals surface area contributed by atoms with Crippen LogP contribution in [0.1, 0.15) is 24.2 Å². The zero-order valence-corrected chi connectivity index (χ0v) is 14.2. The van der Waals surface area contributed by atoms with E-state index in [1.807, 2.05) is 44.2 Å². The van der Waals surface area contributed by atoms with E-state index in [0.29, 0.717) is 23.5 Å². The molecular weight excluding hydrogens is 302 g/mol. The van der Waals surface area contributed by atoms with E-state index in [0.717, 1.165) is 11.3 Å². The monoisotopic (exact) mass is 323 g/mol. The topological polar surface area (TPSA) is 64.7 Å². The van der Waals surface area contributed by atoms with Crippen LogP contribution < -0.4 is 10.9 Å². The smallest absolute Gasteiger partial charge is 0.281 e. The Hall–Kier alpha value is -2.89. The van der Waals surface area contributed by atoms with Crippen molar-refractivity contribution in [3.63, 3.8) is 0 Å². The fourth-order valence-corrected chi connectivity index (χ4v) is 2.84. The van der Waals surface area contributed by atoms with E-state index < -0.39 is 0 Å². The average molecular weight is 323 g/mol. The summed E-state index contributed by atoms with van der Waals surface area (Å²) in [6, 6.07) is 10.1. The van der Waals surface area contributed by atoms with Crippen LogP contribution in [0.2, 0.25) is 0 Å². The lowest BCUT2D eigenvalue weighted by Gasteiger charge is -2.18. The van der Waals surface area contributed by atoms with Crippen molar-refractivity contribution in [2.24, 2.45) is 7.05 Å². The maximum atomic E-state index is 12.9. The van der Waals surface area contributed by atoms with Gasteiger partial charge in [0, 0.05) is 13.6 Å². The van der Waals surface area contributed by atoms with Gasteiger partial charge < -0.3 is 5.32 Å². The van der Waals surface area contributed by atoms with Crippen molar-refractivity contribution in [2.75, 3.05) is 5.32 Å². The average Bonchev–Trinajstić information content (AvgIpc) is 2.86. The lowest BCUT2D eigenvalue weighted by Crippen LogP contribution is -2.26. The van der Waals surface area contributed by atoms with Crippen LogP contribution in [-0.4, -0.2) is 19.3 Å². The molecule has 2 aromatic heterocycles. The highest BCUT2D eigenvalue weighted by molar-refractivity contribution is 5.77. The third-order valence-electron chi connectivity index (χ3n) is 4.07. The van der Waals surface area contributed by atoms with Gasteiger partial charge in [-0.2, -0.15) is 5.10 Å². The van der Waals surface area contributed by atoms with Gasteiger partial charge in [0.1, 0.15) is 5.52 Å². The molecule has 0 radical (unpaired) electrons. The molecule has 3 rings (SSSR count). The highest BCUT2D eigenvalue weighted by atomic mass is 16.1. The molecular formula is C18H21N5O. The van der Waals surface area contributed by atoms with E-state index in [4.69, 9.17) is 0 Å². The van der Waals surface area contributed by atoms with Crippen LogP contribution in [0.4, 0.5) is 5.95 Å². The summed E-state index contributed by atoms with van der Waals surface area (Å²) < 4.78 is 3.18. The van der Waals surface area contributed by atoms with Gasteiger partial charge in [-0.05, 0) is 19.4 Å². The number of hydrogen-bond acceptors (Lipinski definition) is 4. The Kier molecular flexibility index (Phi) is 4.20. The van der Waals surface area contributed by atoms with Crippen molar-refractivity contribution < 1.29 is 0 Å². The molecule has 0 unspecified atom stereocenters. The highest BCUT2D eigenvalue weighted by Gasteiger charge is 2.17. The number of hydrogen-bond donors (Lipinski definition) is 1. The molecule has 0 aliphatic rings. The Labute approximate surface area is 140 Å². The summed E-state index contributed by atoms with van der Waals surface area (Å²) in [5.74, 6) is 0.528. The van der Waals surface area contributed by atoms with E-state index >= 15 is 0 Å². The number of aryl methyl sites for hydroxylation is 2. The number of rotatable bonds is 5. The van der Waals surface area contributed by atoms with E-state index in [1.165, 1.54) is 0 Å². The third-order valence-corrected chi connectivity index (χ3v) is 4.07. The van der Waals surface area contributed by atoms with Gasteiger partial charge in [0.2, 0.25) is 5.95 Å². The quantitative estimate of drug-likeness (QED) is 0.733. The molecule has 124 valence electrons. The SMILES string of the molecule is C=CCn1c(N[C@@H](C)c2ccccc2)nc2c(C)nn(C)c2c1=O. The van der Waals surface area contributed by atoms with E-state index in [-0.39, 0.29) is 11.6 Å². The van der Waals surface area contributed by atoms with Crippen LogP contribution in [0.15, 0.2) is 47.8 Å². The molecule has 0 amide bonds. The summed E-state index contributed by atoms with van der Waals surface area (Å²) in [6.45, 7) is 8.03. The maximum absolute atomic E-state index is 12.9. The van der Waals surface area contributed by atoms with Crippen LogP contribution in [0, 0.1) is 6.92 Å². The Bertz CT molecular complexity index is 939. The fourth-order valence-electron chi connectivity index (χ4n) is 2.84. The minimum absolute atomic E-state index is 0.0172. The molecule has 3 aromatic rings. The maximum Gasteiger partial charge on any atom is 0.281 e. The molecule has 0 spiro atoms. The van der Waals surface area contributed by atoms with E-state index in [2.05, 4.69) is 22.0 Å². The lowest BCUT2D eigenvalue weighted by atomic mass is 10.1. The van der Waals surface area contributed by atoms with Crippen molar-refractivity contribution in [3.05, 3.63) is 64.6 Å². The molecule has 0 bridgehead atoms. The zero-order valence-electron chi connectivity index (χ0n) is 14.2. The summed E-state index contributed by atoms with van der Waals surface area (Å²) in [6.07, 6.45) is 1.69. The van der Waals surface area contributed by atoms with Crippen molar-refractivity contribution in [1.29, 1.82) is 0 Å². The molecule has 1 atom stereocenters. The van der Waals surface area contributed by atoms with Crippen molar-refractivity contribution in [3.8, 4) is 0 Å². The number of nitrogens with one attached hydrogen (secondary N) is 1. The highest BCUT2D eigenvalue weighted by Crippen LogP contribution is 2.20. The van der Waals surface area contributed by atoms with Crippen molar-refractivity contribution >= 4 is 17.0 Å². The molecule has 0 aliphatic carbocycles. The Morgan fingerprint density at radius 2 is 2.04 bits per heavy atom. The van der Waals surface area contributed by atoms with Crippen LogP contribution in [-0.2, 0) is 13.6 Å². The minimum Gasteiger partial charge on any atom is -0.349 e. The van der Waals surface area contributed by atoms with Gasteiger partial charge in [0.05, 0.1) is 11.7 Å². The van der Waals surface area contributed by atoms with Crippen LogP contribution >= 0.6 is 0 Å². The predicted molar refractivity (Wildman–Crippen MR) is 96.2 cm³/mol. The van der Waals surface area contributed by atoms with Crippen LogP contribution in [0.3, 0.4) is 0 Å². The molecule has 0 fully saturated rings. The molecule has 2 heterocycles. The summed E-state index contributed by atoms with van der Waals surface area (Å²) >= 11 is 0. The van der Waals surface area contributed by atoms with E-state index in [1.54, 1.807) is 22.4 Å². The zero-order chi connectivity index (χ0) is 17.3. The molecule has 0 saturated carbocycles. The summed E-state index contributed by atoms with van der Waals surface area (Å²) in [4.78, 5) is 17.5. The predicted octanol–water partition coefficient (Wildman–Crippen LogP) is 2.80. The number of aromatic nitrogens is 4. The Morgan fingerprint density at radius 3 is 2.71 bits per heavy atom. The molecule has 0 aliphatic heterocycles. The van der Waals surface area contributed by atoms with Gasteiger partial charge in [0.25, 0.3) is 5.56 Å². The number of anilines is 1. The lowest BCUT2D eigenvalue weighted by molar-refractivity contribution is 0.729. The second kappa shape index (κ2) is 6.31. The first-order valence-electron chi connectivity index (χ1n) is 7.89. The first-order valence-corrected chi connectivity index (χ1v) is 7.89. The molecule has 1 aromatic carbocycles. The van der Waals surface area contributed by atoms with Crippen molar-refractivity contribution in [2.45, 2.75) is 26.4 Å². The summed E-state index contributed by atoms with van der Waals surface area (Å²) in [7, 11) is 1.76. The van der Waals surface area contributed by atoms with Gasteiger partial charge >= 0.3 is 0 Å². The van der Waals surface area contributed by atoms with Gasteiger partial charge in [-0.25, -0.2) is 4.98 Å². The second-order valence-corrected chi connectivity index (χ2v) is 5.82. The standard InChI is InChI=1S/C18H21N5O/c1-5-11-23-17(24)16-15(13(3)21-22(16)4)20-18(23)19-12(2)14-9-7-6-8-10-14/h5-10,12H,1,11H2,2-4H3,(H,19,20)/t12-/m0/s1. The fraction of sp³-hybridized carbons (Fsp3) is 0.278. The molecule has 0 saturated heterocycles. The molecule has 1 N–H and O–H groups in total. The minimum atomic E-state index is -0.120. The third kappa shape index (κ3) is 2.71. The normalized spacial score (nSPS) is 12.3. The first-order chi connectivity index (χ1) is 11.5. The van der Waals surface area contributed by atoms with Crippen LogP contribution in [0.5, 0.6) is 0 Å². The van der Waals surface area contributed by atoms with Gasteiger partial charge in [-0.3, -0.25) is 14.0 Å². The van der Waals surface area contributed by atoms with Gasteiger partial charge in [-0.15, -0.1) is 6.58 Å². The molecule has 6 nitrogen and oxygen atoms in total. The number of fused-ring (bicyclic) bond motifs is 1. The first kappa shape index (κ1) is 16.0. The molecule has 6 heteroatoms. The Balaban J connectivity index is 2.12. The second-order valence-electron chi connectivity index (χ2n) is 5.82. The van der Waals surface area contributed by atoms with Crippen molar-refractivity contribution in [1.82, 2.24) is 19.3 Å². The number of nitrogens with zero attached hydrogens (tertiary/aromatic N) is 4.